The minimum Gasteiger partial charge on any atom is -0.394 e. The van der Waals surface area contributed by atoms with Gasteiger partial charge in [-0.15, -0.1) is 0 Å². The number of carbonyl (C=O) groups excluding carboxylic acids is 1. The van der Waals surface area contributed by atoms with Crippen molar-refractivity contribution in [2.45, 2.75) is 307 Å². The Bertz CT molecular complexity index is 1440. The molecular formula is C65H115NO8. The van der Waals surface area contributed by atoms with Crippen LogP contribution in [0.1, 0.15) is 264 Å². The molecule has 1 rings (SSSR count). The zero-order chi connectivity index (χ0) is 53.6. The molecule has 0 aromatic rings. The maximum atomic E-state index is 13.1. The number of unbranched alkanes of at least 4 members (excludes halogenated alkanes) is 28. The van der Waals surface area contributed by atoms with Crippen molar-refractivity contribution in [3.8, 4) is 0 Å². The molecule has 0 saturated carbocycles. The standard InChI is InChI=1S/C65H115NO8/c1-3-5-7-9-11-13-15-17-19-21-23-25-27-28-29-30-31-32-33-35-37-39-41-43-45-47-49-51-53-55-61(69)66-58(57-73-65-64(72)63(71)62(70)60(56-67)74-65)59(68)54-52-50-48-46-44-42-40-38-36-34-26-24-22-20-18-16-14-12-10-8-6-4-2/h5,7,11,13,17,19,23,25,28-29,31-32,35,37,58-60,62-65,67-68,70-72H,3-4,6,8-10,12,14-16,18,20-22,24,26-27,30,33-34,36,38-57H2,1-2H3,(H,66,69)/b7-5-,13-11-,19-17-,25-23-,29-28-,32-31-,37-35-. The number of aliphatic hydroxyl groups excluding tert-OH is 5. The normalized spacial score (nSPS) is 19.6. The molecule has 6 N–H and O–H groups in total. The van der Waals surface area contributed by atoms with Gasteiger partial charge >= 0.3 is 0 Å². The van der Waals surface area contributed by atoms with Gasteiger partial charge in [0.05, 0.1) is 25.4 Å². The summed E-state index contributed by atoms with van der Waals surface area (Å²) in [4.78, 5) is 13.1. The Hall–Kier alpha value is -2.63. The number of allylic oxidation sites excluding steroid dienone is 14. The summed E-state index contributed by atoms with van der Waals surface area (Å²) in [6.07, 6.45) is 68.9. The van der Waals surface area contributed by atoms with Crippen LogP contribution in [0.3, 0.4) is 0 Å². The van der Waals surface area contributed by atoms with E-state index in [9.17, 15) is 30.3 Å². The highest BCUT2D eigenvalue weighted by Crippen LogP contribution is 2.23. The quantitative estimate of drug-likeness (QED) is 0.0261. The number of amides is 1. The van der Waals surface area contributed by atoms with Crippen LogP contribution < -0.4 is 5.32 Å². The first-order valence-corrected chi connectivity index (χ1v) is 30.8. The third kappa shape index (κ3) is 42.5. The summed E-state index contributed by atoms with van der Waals surface area (Å²) < 4.78 is 11.3. The van der Waals surface area contributed by atoms with Crippen molar-refractivity contribution in [3.05, 3.63) is 85.1 Å². The lowest BCUT2D eigenvalue weighted by Crippen LogP contribution is -2.60. The Labute approximate surface area is 454 Å². The monoisotopic (exact) mass is 1040 g/mol. The Morgan fingerprint density at radius 3 is 1.24 bits per heavy atom. The molecule has 0 aromatic carbocycles. The zero-order valence-corrected chi connectivity index (χ0v) is 47.6. The lowest BCUT2D eigenvalue weighted by Gasteiger charge is -2.40. The number of ether oxygens (including phenoxy) is 2. The van der Waals surface area contributed by atoms with Crippen molar-refractivity contribution in [3.63, 3.8) is 0 Å². The molecule has 74 heavy (non-hydrogen) atoms. The molecule has 7 unspecified atom stereocenters. The summed E-state index contributed by atoms with van der Waals surface area (Å²) in [5, 5.41) is 54.8. The smallest absolute Gasteiger partial charge is 0.220 e. The minimum atomic E-state index is -1.56. The molecule has 0 aromatic heterocycles. The molecule has 428 valence electrons. The molecule has 1 heterocycles. The van der Waals surface area contributed by atoms with E-state index < -0.39 is 49.5 Å². The van der Waals surface area contributed by atoms with E-state index in [1.54, 1.807) is 0 Å². The number of hydrogen-bond donors (Lipinski definition) is 6. The largest absolute Gasteiger partial charge is 0.394 e. The second kappa shape index (κ2) is 53.8. The van der Waals surface area contributed by atoms with Crippen LogP contribution in [0.4, 0.5) is 0 Å². The first kappa shape index (κ1) is 69.4. The number of nitrogens with one attached hydrogen (secondary N) is 1. The molecule has 0 radical (unpaired) electrons. The van der Waals surface area contributed by atoms with Gasteiger partial charge in [-0.3, -0.25) is 4.79 Å². The van der Waals surface area contributed by atoms with Gasteiger partial charge in [0.25, 0.3) is 0 Å². The summed E-state index contributed by atoms with van der Waals surface area (Å²) in [5.41, 5.74) is 0. The maximum Gasteiger partial charge on any atom is 0.220 e. The summed E-state index contributed by atoms with van der Waals surface area (Å²) in [5.74, 6) is -0.156. The molecule has 9 heteroatoms. The van der Waals surface area contributed by atoms with Gasteiger partial charge in [0, 0.05) is 6.42 Å². The van der Waals surface area contributed by atoms with Crippen molar-refractivity contribution in [1.82, 2.24) is 5.32 Å². The predicted molar refractivity (Wildman–Crippen MR) is 313 cm³/mol. The van der Waals surface area contributed by atoms with Crippen LogP contribution in [0.25, 0.3) is 0 Å². The Morgan fingerprint density at radius 1 is 0.473 bits per heavy atom. The van der Waals surface area contributed by atoms with Crippen LogP contribution in [0.2, 0.25) is 0 Å². The van der Waals surface area contributed by atoms with Crippen molar-refractivity contribution in [1.29, 1.82) is 0 Å². The van der Waals surface area contributed by atoms with Gasteiger partial charge in [-0.05, 0) is 70.6 Å². The average Bonchev–Trinajstić information content (AvgIpc) is 3.40. The lowest BCUT2D eigenvalue weighted by atomic mass is 9.99. The SMILES string of the molecule is CC/C=C\C/C=C\C/C=C\C/C=C\C/C=C\C/C=C\C/C=C\CCCCCCCCCC(=O)NC(COC1OC(CO)C(O)C(O)C1O)C(O)CCCCCCCCCCCCCCCCCCCCCCCC. The molecular weight excluding hydrogens is 923 g/mol. The summed E-state index contributed by atoms with van der Waals surface area (Å²) in [6, 6.07) is -0.732. The van der Waals surface area contributed by atoms with Crippen molar-refractivity contribution >= 4 is 5.91 Å². The minimum absolute atomic E-state index is 0.146. The first-order chi connectivity index (χ1) is 36.3. The van der Waals surface area contributed by atoms with Crippen LogP contribution in [0, 0.1) is 0 Å². The molecule has 1 amide bonds. The number of hydrogen-bond acceptors (Lipinski definition) is 8. The second-order valence-corrected chi connectivity index (χ2v) is 21.1. The molecule has 1 saturated heterocycles. The maximum absolute atomic E-state index is 13.1. The van der Waals surface area contributed by atoms with Crippen LogP contribution in [0.15, 0.2) is 85.1 Å². The fourth-order valence-electron chi connectivity index (χ4n) is 9.44. The molecule has 7 atom stereocenters. The number of aliphatic hydroxyl groups is 5. The Kier molecular flexibility index (Phi) is 50.4. The molecule has 0 bridgehead atoms. The van der Waals surface area contributed by atoms with E-state index in [-0.39, 0.29) is 12.5 Å². The number of rotatable bonds is 52. The molecule has 0 spiro atoms. The van der Waals surface area contributed by atoms with Crippen LogP contribution in [-0.4, -0.2) is 87.5 Å². The molecule has 1 aliphatic heterocycles. The van der Waals surface area contributed by atoms with Gasteiger partial charge in [-0.2, -0.15) is 0 Å². The highest BCUT2D eigenvalue weighted by molar-refractivity contribution is 5.76. The highest BCUT2D eigenvalue weighted by Gasteiger charge is 2.44. The van der Waals surface area contributed by atoms with E-state index in [4.69, 9.17) is 9.47 Å². The van der Waals surface area contributed by atoms with Crippen LogP contribution >= 0.6 is 0 Å². The summed E-state index contributed by atoms with van der Waals surface area (Å²) in [7, 11) is 0. The van der Waals surface area contributed by atoms with Gasteiger partial charge in [0.2, 0.25) is 5.91 Å². The third-order valence-corrected chi connectivity index (χ3v) is 14.3. The number of carbonyl (C=O) groups is 1. The molecule has 1 fully saturated rings. The fourth-order valence-corrected chi connectivity index (χ4v) is 9.44. The van der Waals surface area contributed by atoms with Gasteiger partial charge in [0.15, 0.2) is 6.29 Å². The van der Waals surface area contributed by atoms with Gasteiger partial charge in [0.1, 0.15) is 24.4 Å². The molecule has 9 nitrogen and oxygen atoms in total. The fraction of sp³-hybridized carbons (Fsp3) is 0.769. The Morgan fingerprint density at radius 2 is 0.838 bits per heavy atom. The van der Waals surface area contributed by atoms with Crippen molar-refractivity contribution in [2.24, 2.45) is 0 Å². The van der Waals surface area contributed by atoms with E-state index in [2.05, 4.69) is 104 Å². The van der Waals surface area contributed by atoms with Gasteiger partial charge < -0.3 is 40.3 Å². The highest BCUT2D eigenvalue weighted by atomic mass is 16.7. The summed E-state index contributed by atoms with van der Waals surface area (Å²) in [6.45, 7) is 3.74. The average molecular weight is 1040 g/mol. The predicted octanol–water partition coefficient (Wildman–Crippen LogP) is 15.8. The summed E-state index contributed by atoms with van der Waals surface area (Å²) >= 11 is 0. The van der Waals surface area contributed by atoms with E-state index in [0.29, 0.717) is 12.8 Å². The lowest BCUT2D eigenvalue weighted by molar-refractivity contribution is -0.302. The van der Waals surface area contributed by atoms with Crippen LogP contribution in [0.5, 0.6) is 0 Å². The third-order valence-electron chi connectivity index (χ3n) is 14.3. The van der Waals surface area contributed by atoms with E-state index in [0.717, 1.165) is 96.3 Å². The Balaban J connectivity index is 2.21. The van der Waals surface area contributed by atoms with E-state index in [1.165, 1.54) is 141 Å². The van der Waals surface area contributed by atoms with E-state index >= 15 is 0 Å². The topological polar surface area (TPSA) is 149 Å². The zero-order valence-electron chi connectivity index (χ0n) is 47.6. The van der Waals surface area contributed by atoms with E-state index in [1.807, 2.05) is 0 Å². The second-order valence-electron chi connectivity index (χ2n) is 21.1. The molecule has 1 aliphatic rings. The van der Waals surface area contributed by atoms with Crippen LogP contribution in [-0.2, 0) is 14.3 Å². The first-order valence-electron chi connectivity index (χ1n) is 30.8. The van der Waals surface area contributed by atoms with Gasteiger partial charge in [-0.1, -0.05) is 272 Å². The van der Waals surface area contributed by atoms with Crippen molar-refractivity contribution < 1.29 is 39.8 Å². The van der Waals surface area contributed by atoms with Crippen molar-refractivity contribution in [2.75, 3.05) is 13.2 Å². The molecule has 0 aliphatic carbocycles. The van der Waals surface area contributed by atoms with Gasteiger partial charge in [-0.25, -0.2) is 0 Å².